The van der Waals surface area contributed by atoms with E-state index in [2.05, 4.69) is 0 Å². The van der Waals surface area contributed by atoms with Crippen LogP contribution in [0.15, 0.2) is 48.5 Å². The Bertz CT molecular complexity index is 752. The highest BCUT2D eigenvalue weighted by atomic mass is 16.5. The van der Waals surface area contributed by atoms with Gasteiger partial charge in [0.15, 0.2) is 0 Å². The highest BCUT2D eigenvalue weighted by Crippen LogP contribution is 2.28. The number of benzene rings is 2. The van der Waals surface area contributed by atoms with Crippen molar-refractivity contribution in [2.75, 3.05) is 14.2 Å². The van der Waals surface area contributed by atoms with Gasteiger partial charge in [-0.1, -0.05) is 25.0 Å². The third-order valence-electron chi connectivity index (χ3n) is 4.46. The second kappa shape index (κ2) is 11.0. The van der Waals surface area contributed by atoms with E-state index in [1.807, 2.05) is 24.3 Å². The van der Waals surface area contributed by atoms with Crippen molar-refractivity contribution >= 4 is 11.9 Å². The third-order valence-corrected chi connectivity index (χ3v) is 4.46. The predicted molar refractivity (Wildman–Crippen MR) is 105 cm³/mol. The largest absolute Gasteiger partial charge is 0.497 e. The van der Waals surface area contributed by atoms with Gasteiger partial charge in [0.1, 0.15) is 17.2 Å². The number of ether oxygens (including phenoxy) is 3. The van der Waals surface area contributed by atoms with Crippen LogP contribution in [0.3, 0.4) is 0 Å². The summed E-state index contributed by atoms with van der Waals surface area (Å²) in [5, 5.41) is 8.74. The number of carboxylic acid groups (broad SMARTS) is 1. The van der Waals surface area contributed by atoms with Gasteiger partial charge in [0.2, 0.25) is 0 Å². The zero-order valence-corrected chi connectivity index (χ0v) is 16.2. The summed E-state index contributed by atoms with van der Waals surface area (Å²) >= 11 is 0. The Morgan fingerprint density at radius 2 is 1.36 bits per heavy atom. The lowest BCUT2D eigenvalue weighted by atomic mass is 9.93. The Labute approximate surface area is 165 Å². The van der Waals surface area contributed by atoms with Gasteiger partial charge in [0.25, 0.3) is 0 Å². The fourth-order valence-electron chi connectivity index (χ4n) is 2.89. The minimum atomic E-state index is -0.800. The molecular weight excluding hydrogens is 360 g/mol. The Hall–Kier alpha value is -3.02. The quantitative estimate of drug-likeness (QED) is 0.350. The van der Waals surface area contributed by atoms with Crippen LogP contribution in [0, 0.1) is 0 Å². The minimum absolute atomic E-state index is 0.142. The lowest BCUT2D eigenvalue weighted by Gasteiger charge is -2.17. The summed E-state index contributed by atoms with van der Waals surface area (Å²) < 4.78 is 15.9. The fraction of sp³-hybridized carbons (Fsp3) is 0.364. The van der Waals surface area contributed by atoms with Crippen molar-refractivity contribution in [3.05, 3.63) is 54.1 Å². The number of aliphatic carboxylic acids is 1. The summed E-state index contributed by atoms with van der Waals surface area (Å²) in [5.41, 5.74) is 0.845. The van der Waals surface area contributed by atoms with Crippen molar-refractivity contribution in [3.63, 3.8) is 0 Å². The summed E-state index contributed by atoms with van der Waals surface area (Å²) in [6.45, 7) is 0. The first-order chi connectivity index (χ1) is 13.5. The van der Waals surface area contributed by atoms with Gasteiger partial charge in [-0.05, 0) is 54.8 Å². The molecule has 0 fully saturated rings. The molecule has 0 aliphatic carbocycles. The normalized spacial score (nSPS) is 11.5. The Balaban J connectivity index is 2.06. The average molecular weight is 386 g/mol. The Morgan fingerprint density at radius 3 is 1.89 bits per heavy atom. The molecule has 0 spiro atoms. The van der Waals surface area contributed by atoms with Crippen molar-refractivity contribution in [3.8, 4) is 17.2 Å². The highest BCUT2D eigenvalue weighted by Gasteiger charge is 2.23. The van der Waals surface area contributed by atoms with Gasteiger partial charge in [-0.15, -0.1) is 0 Å². The molecule has 6 heteroatoms. The predicted octanol–water partition coefficient (Wildman–Crippen LogP) is 4.43. The molecule has 0 amide bonds. The molecule has 0 radical (unpaired) electrons. The first-order valence-corrected chi connectivity index (χ1v) is 9.25. The van der Waals surface area contributed by atoms with Crippen molar-refractivity contribution in [1.82, 2.24) is 0 Å². The number of esters is 1. The molecule has 6 nitrogen and oxygen atoms in total. The SMILES string of the molecule is COc1ccc(OC(=O)C(CCCCCC(=O)O)c2ccc(OC)cc2)cc1. The summed E-state index contributed by atoms with van der Waals surface area (Å²) in [5.74, 6) is 0.282. The lowest BCUT2D eigenvalue weighted by Crippen LogP contribution is -2.19. The maximum Gasteiger partial charge on any atom is 0.318 e. The summed E-state index contributed by atoms with van der Waals surface area (Å²) in [7, 11) is 3.16. The standard InChI is InChI=1S/C22H26O6/c1-26-17-10-8-16(9-11-17)20(6-4-3-5-7-21(23)24)22(25)28-19-14-12-18(27-2)13-15-19/h8-15,20H,3-7H2,1-2H3,(H,23,24). The number of carbonyl (C=O) groups excluding carboxylic acids is 1. The van der Waals surface area contributed by atoms with E-state index in [-0.39, 0.29) is 12.4 Å². The van der Waals surface area contributed by atoms with E-state index < -0.39 is 11.9 Å². The molecule has 0 aromatic heterocycles. The van der Waals surface area contributed by atoms with Crippen molar-refractivity contribution in [2.45, 2.75) is 38.0 Å². The monoisotopic (exact) mass is 386 g/mol. The van der Waals surface area contributed by atoms with Crippen LogP contribution in [-0.4, -0.2) is 31.3 Å². The van der Waals surface area contributed by atoms with E-state index in [0.29, 0.717) is 30.1 Å². The topological polar surface area (TPSA) is 82.1 Å². The number of carboxylic acids is 1. The van der Waals surface area contributed by atoms with Crippen LogP contribution in [0.1, 0.15) is 43.6 Å². The van der Waals surface area contributed by atoms with Gasteiger partial charge in [0.05, 0.1) is 20.1 Å². The molecule has 1 N–H and O–H groups in total. The lowest BCUT2D eigenvalue weighted by molar-refractivity contribution is -0.138. The van der Waals surface area contributed by atoms with Crippen LogP contribution in [0.4, 0.5) is 0 Å². The second-order valence-corrected chi connectivity index (χ2v) is 6.42. The fourth-order valence-corrected chi connectivity index (χ4v) is 2.89. The molecule has 0 saturated heterocycles. The molecule has 0 bridgehead atoms. The molecule has 150 valence electrons. The number of methoxy groups -OCH3 is 2. The van der Waals surface area contributed by atoms with Crippen LogP contribution >= 0.6 is 0 Å². The Morgan fingerprint density at radius 1 is 0.821 bits per heavy atom. The first-order valence-electron chi connectivity index (χ1n) is 9.25. The Kier molecular flexibility index (Phi) is 8.34. The smallest absolute Gasteiger partial charge is 0.318 e. The molecule has 2 rings (SSSR count). The molecule has 0 aliphatic heterocycles. The van der Waals surface area contributed by atoms with E-state index in [9.17, 15) is 9.59 Å². The van der Waals surface area contributed by atoms with Gasteiger partial charge >= 0.3 is 11.9 Å². The molecule has 1 atom stereocenters. The number of unbranched alkanes of at least 4 members (excludes halogenated alkanes) is 2. The molecule has 0 saturated carbocycles. The number of carbonyl (C=O) groups is 2. The highest BCUT2D eigenvalue weighted by molar-refractivity contribution is 5.80. The molecule has 0 heterocycles. The summed E-state index contributed by atoms with van der Waals surface area (Å²) in [6, 6.07) is 14.2. The second-order valence-electron chi connectivity index (χ2n) is 6.42. The van der Waals surface area contributed by atoms with E-state index in [4.69, 9.17) is 19.3 Å². The van der Waals surface area contributed by atoms with Gasteiger partial charge in [-0.2, -0.15) is 0 Å². The van der Waals surface area contributed by atoms with E-state index >= 15 is 0 Å². The van der Waals surface area contributed by atoms with Crippen LogP contribution in [0.2, 0.25) is 0 Å². The van der Waals surface area contributed by atoms with Crippen molar-refractivity contribution < 1.29 is 28.9 Å². The van der Waals surface area contributed by atoms with Crippen LogP contribution in [0.5, 0.6) is 17.2 Å². The van der Waals surface area contributed by atoms with E-state index in [0.717, 1.165) is 18.4 Å². The molecule has 2 aromatic rings. The summed E-state index contributed by atoms with van der Waals surface area (Å²) in [4.78, 5) is 23.5. The minimum Gasteiger partial charge on any atom is -0.497 e. The zero-order valence-electron chi connectivity index (χ0n) is 16.2. The van der Waals surface area contributed by atoms with Crippen molar-refractivity contribution in [2.24, 2.45) is 0 Å². The molecule has 1 unspecified atom stereocenters. The molecule has 2 aromatic carbocycles. The maximum atomic E-state index is 12.8. The molecular formula is C22H26O6. The zero-order chi connectivity index (χ0) is 20.4. The van der Waals surface area contributed by atoms with Crippen LogP contribution in [0.25, 0.3) is 0 Å². The number of hydrogen-bond acceptors (Lipinski definition) is 5. The average Bonchev–Trinajstić information content (AvgIpc) is 2.71. The van der Waals surface area contributed by atoms with Gasteiger partial charge in [0, 0.05) is 6.42 Å². The number of rotatable bonds is 11. The van der Waals surface area contributed by atoms with E-state index in [1.54, 1.807) is 38.5 Å². The van der Waals surface area contributed by atoms with Crippen LogP contribution in [-0.2, 0) is 9.59 Å². The van der Waals surface area contributed by atoms with Gasteiger partial charge < -0.3 is 19.3 Å². The summed E-state index contributed by atoms with van der Waals surface area (Å²) in [6.07, 6.45) is 2.80. The van der Waals surface area contributed by atoms with Crippen LogP contribution < -0.4 is 14.2 Å². The molecule has 0 aliphatic rings. The van der Waals surface area contributed by atoms with E-state index in [1.165, 1.54) is 0 Å². The van der Waals surface area contributed by atoms with Crippen molar-refractivity contribution in [1.29, 1.82) is 0 Å². The number of hydrogen-bond donors (Lipinski definition) is 1. The van der Waals surface area contributed by atoms with Gasteiger partial charge in [-0.3, -0.25) is 9.59 Å². The van der Waals surface area contributed by atoms with Gasteiger partial charge in [-0.25, -0.2) is 0 Å². The maximum absolute atomic E-state index is 12.8. The molecule has 28 heavy (non-hydrogen) atoms. The third kappa shape index (κ3) is 6.61. The first kappa shape index (κ1) is 21.3.